The quantitative estimate of drug-likeness (QED) is 0.396. The molecule has 0 radical (unpaired) electrons. The summed E-state index contributed by atoms with van der Waals surface area (Å²) in [6.45, 7) is 4.34. The summed E-state index contributed by atoms with van der Waals surface area (Å²) in [5, 5.41) is 8.50. The zero-order chi connectivity index (χ0) is 19.5. The van der Waals surface area contributed by atoms with Crippen molar-refractivity contribution >= 4 is 27.5 Å². The molecule has 148 valence electrons. The molecule has 0 aliphatic heterocycles. The van der Waals surface area contributed by atoms with Crippen molar-refractivity contribution in [2.45, 2.75) is 45.6 Å². The second kappa shape index (κ2) is 8.26. The molecule has 1 fully saturated rings. The SMILES string of the molecule is CCC(CC)C(c1ccc2nc(OCOC(=O)C3CC3)sc2c1)n1cnnc1. The van der Waals surface area contributed by atoms with Gasteiger partial charge < -0.3 is 14.0 Å². The third-order valence-electron chi connectivity index (χ3n) is 5.28. The van der Waals surface area contributed by atoms with E-state index in [2.05, 4.69) is 45.7 Å². The fourth-order valence-electron chi connectivity index (χ4n) is 3.52. The van der Waals surface area contributed by atoms with Crippen LogP contribution in [0, 0.1) is 11.8 Å². The smallest absolute Gasteiger partial charge is 0.311 e. The molecule has 0 N–H and O–H groups in total. The number of nitrogens with zero attached hydrogens (tertiary/aromatic N) is 4. The molecule has 0 spiro atoms. The minimum absolute atomic E-state index is 0.0706. The van der Waals surface area contributed by atoms with E-state index in [4.69, 9.17) is 9.47 Å². The molecular formula is C20H24N4O3S. The van der Waals surface area contributed by atoms with Gasteiger partial charge in [-0.15, -0.1) is 10.2 Å². The van der Waals surface area contributed by atoms with Gasteiger partial charge in [0.1, 0.15) is 12.7 Å². The molecule has 1 aliphatic rings. The molecule has 2 aromatic heterocycles. The monoisotopic (exact) mass is 400 g/mol. The highest BCUT2D eigenvalue weighted by Crippen LogP contribution is 2.35. The van der Waals surface area contributed by atoms with Gasteiger partial charge in [-0.3, -0.25) is 4.79 Å². The van der Waals surface area contributed by atoms with Gasteiger partial charge >= 0.3 is 5.97 Å². The van der Waals surface area contributed by atoms with E-state index in [1.807, 2.05) is 6.07 Å². The van der Waals surface area contributed by atoms with E-state index in [0.717, 1.165) is 35.9 Å². The van der Waals surface area contributed by atoms with Crippen molar-refractivity contribution in [2.75, 3.05) is 6.79 Å². The molecule has 1 unspecified atom stereocenters. The number of thiazole rings is 1. The second-order valence-electron chi connectivity index (χ2n) is 7.14. The summed E-state index contributed by atoms with van der Waals surface area (Å²) in [7, 11) is 0. The average Bonchev–Trinajstić information content (AvgIpc) is 3.27. The van der Waals surface area contributed by atoms with Gasteiger partial charge in [-0.25, -0.2) is 4.98 Å². The largest absolute Gasteiger partial charge is 0.432 e. The number of rotatable bonds is 9. The maximum atomic E-state index is 11.6. The minimum Gasteiger partial charge on any atom is -0.432 e. The van der Waals surface area contributed by atoms with Crippen molar-refractivity contribution in [2.24, 2.45) is 11.8 Å². The Labute approximate surface area is 167 Å². The highest BCUT2D eigenvalue weighted by Gasteiger charge is 2.31. The average molecular weight is 401 g/mol. The van der Waals surface area contributed by atoms with Crippen LogP contribution in [0.25, 0.3) is 10.2 Å². The number of ether oxygens (including phenoxy) is 2. The molecular weight excluding hydrogens is 376 g/mol. The number of carbonyl (C=O) groups excluding carboxylic acids is 1. The van der Waals surface area contributed by atoms with Crippen LogP contribution < -0.4 is 4.74 Å². The molecule has 0 saturated heterocycles. The van der Waals surface area contributed by atoms with E-state index in [9.17, 15) is 4.79 Å². The van der Waals surface area contributed by atoms with E-state index in [1.54, 1.807) is 12.7 Å². The zero-order valence-electron chi connectivity index (χ0n) is 16.1. The van der Waals surface area contributed by atoms with Crippen LogP contribution in [0.2, 0.25) is 0 Å². The summed E-state index contributed by atoms with van der Waals surface area (Å²) in [6, 6.07) is 6.48. The first-order valence-electron chi connectivity index (χ1n) is 9.73. The molecule has 4 rings (SSSR count). The molecule has 7 nitrogen and oxygen atoms in total. The predicted octanol–water partition coefficient (Wildman–Crippen LogP) is 4.20. The van der Waals surface area contributed by atoms with Crippen molar-refractivity contribution in [3.8, 4) is 5.19 Å². The van der Waals surface area contributed by atoms with Gasteiger partial charge in [-0.05, 0) is 36.5 Å². The van der Waals surface area contributed by atoms with Crippen molar-refractivity contribution in [1.82, 2.24) is 19.7 Å². The van der Waals surface area contributed by atoms with Crippen LogP contribution in [0.5, 0.6) is 5.19 Å². The first-order chi connectivity index (χ1) is 13.7. The minimum atomic E-state index is -0.176. The van der Waals surface area contributed by atoms with E-state index in [1.165, 1.54) is 16.9 Å². The van der Waals surface area contributed by atoms with E-state index in [0.29, 0.717) is 11.1 Å². The van der Waals surface area contributed by atoms with Crippen LogP contribution in [0.3, 0.4) is 0 Å². The van der Waals surface area contributed by atoms with Crippen LogP contribution in [-0.2, 0) is 9.53 Å². The Bertz CT molecular complexity index is 932. The zero-order valence-corrected chi connectivity index (χ0v) is 16.9. The lowest BCUT2D eigenvalue weighted by molar-refractivity contribution is -0.151. The van der Waals surface area contributed by atoms with Gasteiger partial charge in [0.05, 0.1) is 22.2 Å². The summed E-state index contributed by atoms with van der Waals surface area (Å²) < 4.78 is 13.8. The lowest BCUT2D eigenvalue weighted by Crippen LogP contribution is -2.19. The third-order valence-corrected chi connectivity index (χ3v) is 6.21. The normalized spacial score (nSPS) is 15.1. The van der Waals surface area contributed by atoms with E-state index < -0.39 is 0 Å². The summed E-state index contributed by atoms with van der Waals surface area (Å²) in [4.78, 5) is 16.1. The molecule has 28 heavy (non-hydrogen) atoms. The Hall–Kier alpha value is -2.48. The molecule has 1 aromatic carbocycles. The number of fused-ring (bicyclic) bond motifs is 1. The number of hydrogen-bond acceptors (Lipinski definition) is 7. The predicted molar refractivity (Wildman–Crippen MR) is 106 cm³/mol. The first kappa shape index (κ1) is 18.9. The summed E-state index contributed by atoms with van der Waals surface area (Å²) in [6.07, 6.45) is 7.55. The number of aromatic nitrogens is 4. The molecule has 8 heteroatoms. The maximum Gasteiger partial charge on any atom is 0.311 e. The summed E-state index contributed by atoms with van der Waals surface area (Å²) >= 11 is 1.46. The summed E-state index contributed by atoms with van der Waals surface area (Å²) in [5.41, 5.74) is 2.08. The van der Waals surface area contributed by atoms with Crippen molar-refractivity contribution in [1.29, 1.82) is 0 Å². The standard InChI is InChI=1S/C20H24N4O3S/c1-3-13(4-2)18(24-10-21-22-11-24)15-7-8-16-17(9-15)28-20(23-16)27-12-26-19(25)14-5-6-14/h7-11,13-14,18H,3-6,12H2,1-2H3. The third kappa shape index (κ3) is 4.01. The number of hydrogen-bond donors (Lipinski definition) is 0. The summed E-state index contributed by atoms with van der Waals surface area (Å²) in [5.74, 6) is 0.380. The fraction of sp³-hybridized carbons (Fsp3) is 0.500. The fourth-order valence-corrected chi connectivity index (χ4v) is 4.37. The highest BCUT2D eigenvalue weighted by molar-refractivity contribution is 7.20. The number of benzene rings is 1. The molecule has 2 heterocycles. The Kier molecular flexibility index (Phi) is 5.57. The first-order valence-corrected chi connectivity index (χ1v) is 10.5. The molecule has 1 atom stereocenters. The lowest BCUT2D eigenvalue weighted by Gasteiger charge is -2.26. The van der Waals surface area contributed by atoms with E-state index in [-0.39, 0.29) is 24.7 Å². The highest BCUT2D eigenvalue weighted by atomic mass is 32.1. The second-order valence-corrected chi connectivity index (χ2v) is 8.13. The molecule has 0 amide bonds. The molecule has 1 saturated carbocycles. The van der Waals surface area contributed by atoms with Crippen LogP contribution in [0.15, 0.2) is 30.9 Å². The van der Waals surface area contributed by atoms with Gasteiger partial charge in [-0.1, -0.05) is 44.1 Å². The van der Waals surface area contributed by atoms with Gasteiger partial charge in [-0.2, -0.15) is 0 Å². The Morgan fingerprint density at radius 1 is 1.25 bits per heavy atom. The van der Waals surface area contributed by atoms with Gasteiger partial charge in [0.15, 0.2) is 0 Å². The Balaban J connectivity index is 1.53. The van der Waals surface area contributed by atoms with Gasteiger partial charge in [0.2, 0.25) is 6.79 Å². The van der Waals surface area contributed by atoms with Gasteiger partial charge in [0, 0.05) is 0 Å². The maximum absolute atomic E-state index is 11.6. The van der Waals surface area contributed by atoms with Crippen LogP contribution >= 0.6 is 11.3 Å². The molecule has 1 aliphatic carbocycles. The molecule has 3 aromatic rings. The molecule has 0 bridgehead atoms. The van der Waals surface area contributed by atoms with Crippen LogP contribution in [-0.4, -0.2) is 32.5 Å². The number of esters is 1. The van der Waals surface area contributed by atoms with Crippen molar-refractivity contribution in [3.63, 3.8) is 0 Å². The number of carbonyl (C=O) groups is 1. The van der Waals surface area contributed by atoms with Gasteiger partial charge in [0.25, 0.3) is 5.19 Å². The Morgan fingerprint density at radius 2 is 2.00 bits per heavy atom. The van der Waals surface area contributed by atoms with Crippen molar-refractivity contribution in [3.05, 3.63) is 36.4 Å². The lowest BCUT2D eigenvalue weighted by atomic mass is 9.88. The Morgan fingerprint density at radius 3 is 2.68 bits per heavy atom. The van der Waals surface area contributed by atoms with Crippen LogP contribution in [0.4, 0.5) is 0 Å². The van der Waals surface area contributed by atoms with Crippen LogP contribution in [0.1, 0.15) is 51.1 Å². The van der Waals surface area contributed by atoms with E-state index >= 15 is 0 Å². The van der Waals surface area contributed by atoms with Crippen molar-refractivity contribution < 1.29 is 14.3 Å². The topological polar surface area (TPSA) is 79.1 Å².